The predicted octanol–water partition coefficient (Wildman–Crippen LogP) is 4.94. The lowest BCUT2D eigenvalue weighted by Gasteiger charge is -2.31. The van der Waals surface area contributed by atoms with Crippen LogP contribution in [0.25, 0.3) is 11.5 Å². The fourth-order valence-electron chi connectivity index (χ4n) is 5.01. The minimum Gasteiger partial charge on any atom is -0.493 e. The Morgan fingerprint density at radius 2 is 1.81 bits per heavy atom. The van der Waals surface area contributed by atoms with Crippen molar-refractivity contribution in [3.63, 3.8) is 0 Å². The summed E-state index contributed by atoms with van der Waals surface area (Å²) in [6.45, 7) is 2.37. The van der Waals surface area contributed by atoms with Crippen LogP contribution >= 0.6 is 0 Å². The molecule has 42 heavy (non-hydrogen) atoms. The zero-order chi connectivity index (χ0) is 29.9. The molecule has 12 heteroatoms. The highest BCUT2D eigenvalue weighted by atomic mass is 32.2. The van der Waals surface area contributed by atoms with Crippen molar-refractivity contribution in [1.29, 1.82) is 0 Å². The minimum atomic E-state index is -3.95. The van der Waals surface area contributed by atoms with Crippen molar-refractivity contribution < 1.29 is 32.4 Å². The Morgan fingerprint density at radius 1 is 1.07 bits per heavy atom. The van der Waals surface area contributed by atoms with Gasteiger partial charge in [-0.25, -0.2) is 13.4 Å². The van der Waals surface area contributed by atoms with E-state index in [0.29, 0.717) is 36.8 Å². The van der Waals surface area contributed by atoms with Gasteiger partial charge in [-0.3, -0.25) is 14.9 Å². The van der Waals surface area contributed by atoms with Crippen molar-refractivity contribution >= 4 is 21.7 Å². The Bertz CT molecular complexity index is 1720. The van der Waals surface area contributed by atoms with Crippen LogP contribution in [0, 0.1) is 17.0 Å². The van der Waals surface area contributed by atoms with Gasteiger partial charge in [0.05, 0.1) is 22.1 Å². The monoisotopic (exact) mass is 591 g/mol. The summed E-state index contributed by atoms with van der Waals surface area (Å²) in [6, 6.07) is 18.0. The van der Waals surface area contributed by atoms with Crippen LogP contribution in [0.3, 0.4) is 0 Å². The number of oxazole rings is 1. The third-order valence-electron chi connectivity index (χ3n) is 7.23. The van der Waals surface area contributed by atoms with Crippen molar-refractivity contribution in [3.8, 4) is 17.2 Å². The number of carbonyl (C=O) groups is 1. The number of fused-ring (bicyclic) bond motifs is 1. The van der Waals surface area contributed by atoms with E-state index in [0.717, 1.165) is 40.1 Å². The van der Waals surface area contributed by atoms with Gasteiger partial charge in [-0.05, 0) is 61.2 Å². The number of aliphatic carboxylic acids is 1. The van der Waals surface area contributed by atoms with Gasteiger partial charge in [0.1, 0.15) is 11.5 Å². The number of nitro benzene ring substituents is 1. The fourth-order valence-corrected chi connectivity index (χ4v) is 6.42. The Labute approximate surface area is 242 Å². The number of aryl methyl sites for hydroxylation is 2. The van der Waals surface area contributed by atoms with Crippen LogP contribution in [0.15, 0.2) is 76.0 Å². The van der Waals surface area contributed by atoms with E-state index in [1.54, 1.807) is 6.07 Å². The number of sulfonamides is 1. The quantitative estimate of drug-likeness (QED) is 0.189. The number of carboxylic acids is 1. The summed E-state index contributed by atoms with van der Waals surface area (Å²) in [6.07, 6.45) is 0.998. The maximum Gasteiger partial charge on any atom is 0.303 e. The van der Waals surface area contributed by atoms with E-state index in [9.17, 15) is 28.4 Å². The molecule has 0 fully saturated rings. The van der Waals surface area contributed by atoms with E-state index < -0.39 is 20.9 Å². The molecule has 0 aliphatic carbocycles. The van der Waals surface area contributed by atoms with Crippen LogP contribution in [-0.2, 0) is 40.6 Å². The largest absolute Gasteiger partial charge is 0.493 e. The zero-order valence-corrected chi connectivity index (χ0v) is 23.7. The van der Waals surface area contributed by atoms with Gasteiger partial charge in [0.15, 0.2) is 0 Å². The van der Waals surface area contributed by atoms with Crippen LogP contribution in [0.5, 0.6) is 5.75 Å². The molecule has 218 valence electrons. The van der Waals surface area contributed by atoms with Crippen LogP contribution in [-0.4, -0.2) is 46.9 Å². The highest BCUT2D eigenvalue weighted by Crippen LogP contribution is 2.34. The van der Waals surface area contributed by atoms with E-state index in [1.165, 1.54) is 16.4 Å². The molecule has 0 bridgehead atoms. The van der Waals surface area contributed by atoms with Crippen LogP contribution < -0.4 is 4.74 Å². The first kappa shape index (κ1) is 29.0. The summed E-state index contributed by atoms with van der Waals surface area (Å²) < 4.78 is 40.2. The van der Waals surface area contributed by atoms with Gasteiger partial charge in [0.2, 0.25) is 15.9 Å². The Hall–Kier alpha value is -4.55. The highest BCUT2D eigenvalue weighted by molar-refractivity contribution is 7.89. The Kier molecular flexibility index (Phi) is 8.36. The SMILES string of the molecule is Cc1oc(-c2ccccc2)nc1CCOc1ccc(CCC(=O)O)c2c1CCN(S(=O)(=O)c1ccc([N+](=O)[O-])cc1)C2. The average molecular weight is 592 g/mol. The first-order valence-electron chi connectivity index (χ1n) is 13.4. The Balaban J connectivity index is 1.35. The molecule has 0 saturated carbocycles. The third-order valence-corrected chi connectivity index (χ3v) is 9.09. The van der Waals surface area contributed by atoms with Gasteiger partial charge < -0.3 is 14.3 Å². The minimum absolute atomic E-state index is 0.0314. The van der Waals surface area contributed by atoms with Gasteiger partial charge in [0.25, 0.3) is 5.69 Å². The van der Waals surface area contributed by atoms with Crippen molar-refractivity contribution in [2.45, 2.75) is 44.0 Å². The molecule has 5 rings (SSSR count). The molecule has 0 atom stereocenters. The first-order valence-corrected chi connectivity index (χ1v) is 14.8. The number of aromatic nitrogens is 1. The molecule has 1 aliphatic rings. The molecule has 2 heterocycles. The standard InChI is InChI=1S/C30H29N3O8S/c1-20-27(31-30(41-20)22-5-3-2-4-6-22)16-18-40-28-13-7-21(8-14-29(34)35)26-19-32(17-15-25(26)28)42(38,39)24-11-9-23(10-12-24)33(36)37/h2-7,9-13H,8,14-19H2,1H3,(H,34,35). The van der Waals surface area contributed by atoms with Crippen LogP contribution in [0.2, 0.25) is 0 Å². The number of carboxylic acid groups (broad SMARTS) is 1. The van der Waals surface area contributed by atoms with E-state index >= 15 is 0 Å². The second-order valence-corrected chi connectivity index (χ2v) is 11.8. The fraction of sp³-hybridized carbons (Fsp3) is 0.267. The van der Waals surface area contributed by atoms with Gasteiger partial charge in [-0.15, -0.1) is 0 Å². The molecule has 0 saturated heterocycles. The summed E-state index contributed by atoms with van der Waals surface area (Å²) in [4.78, 5) is 26.3. The predicted molar refractivity (Wildman–Crippen MR) is 153 cm³/mol. The Morgan fingerprint density at radius 3 is 2.50 bits per heavy atom. The van der Waals surface area contributed by atoms with E-state index in [-0.39, 0.29) is 36.5 Å². The molecule has 1 aromatic heterocycles. The molecule has 0 radical (unpaired) electrons. The number of hydrogen-bond donors (Lipinski definition) is 1. The number of rotatable bonds is 11. The molecular weight excluding hydrogens is 562 g/mol. The number of hydrogen-bond acceptors (Lipinski definition) is 8. The number of nitrogens with zero attached hydrogens (tertiary/aromatic N) is 3. The molecule has 4 aromatic rings. The van der Waals surface area contributed by atoms with Crippen molar-refractivity contribution in [3.05, 3.63) is 105 Å². The third kappa shape index (κ3) is 6.19. The molecule has 3 aromatic carbocycles. The van der Waals surface area contributed by atoms with E-state index in [2.05, 4.69) is 4.98 Å². The highest BCUT2D eigenvalue weighted by Gasteiger charge is 2.31. The molecule has 1 aliphatic heterocycles. The van der Waals surface area contributed by atoms with Crippen molar-refractivity contribution in [1.82, 2.24) is 9.29 Å². The smallest absolute Gasteiger partial charge is 0.303 e. The van der Waals surface area contributed by atoms with Crippen molar-refractivity contribution in [2.24, 2.45) is 0 Å². The molecule has 1 N–H and O–H groups in total. The maximum atomic E-state index is 13.4. The average Bonchev–Trinajstić information content (AvgIpc) is 3.36. The van der Waals surface area contributed by atoms with Gasteiger partial charge >= 0.3 is 5.97 Å². The molecule has 0 spiro atoms. The number of benzene rings is 3. The van der Waals surface area contributed by atoms with Crippen LogP contribution in [0.4, 0.5) is 5.69 Å². The molecule has 0 unspecified atom stereocenters. The normalized spacial score (nSPS) is 13.5. The summed E-state index contributed by atoms with van der Waals surface area (Å²) >= 11 is 0. The number of ether oxygens (including phenoxy) is 1. The lowest BCUT2D eigenvalue weighted by atomic mass is 9.92. The molecule has 0 amide bonds. The lowest BCUT2D eigenvalue weighted by Crippen LogP contribution is -2.36. The van der Waals surface area contributed by atoms with Crippen molar-refractivity contribution in [2.75, 3.05) is 13.2 Å². The summed E-state index contributed by atoms with van der Waals surface area (Å²) in [5.74, 6) is 0.905. The van der Waals surface area contributed by atoms with Crippen LogP contribution in [0.1, 0.15) is 34.6 Å². The second-order valence-electron chi connectivity index (χ2n) is 9.90. The first-order chi connectivity index (χ1) is 20.1. The van der Waals surface area contributed by atoms with E-state index in [4.69, 9.17) is 9.15 Å². The number of non-ortho nitro benzene ring substituents is 1. The number of nitro groups is 1. The van der Waals surface area contributed by atoms with Gasteiger partial charge in [-0.1, -0.05) is 24.3 Å². The van der Waals surface area contributed by atoms with Gasteiger partial charge in [0, 0.05) is 49.2 Å². The second kappa shape index (κ2) is 12.1. The van der Waals surface area contributed by atoms with Gasteiger partial charge in [-0.2, -0.15) is 4.31 Å². The lowest BCUT2D eigenvalue weighted by molar-refractivity contribution is -0.384. The zero-order valence-electron chi connectivity index (χ0n) is 22.9. The summed E-state index contributed by atoms with van der Waals surface area (Å²) in [5.41, 5.74) is 3.76. The molecule has 11 nitrogen and oxygen atoms in total. The maximum absolute atomic E-state index is 13.4. The molecular formula is C30H29N3O8S. The summed E-state index contributed by atoms with van der Waals surface area (Å²) in [7, 11) is -3.95. The van der Waals surface area contributed by atoms with E-state index in [1.807, 2.05) is 43.3 Å². The topological polar surface area (TPSA) is 153 Å². The summed E-state index contributed by atoms with van der Waals surface area (Å²) in [5, 5.41) is 20.2.